The van der Waals surface area contributed by atoms with E-state index in [4.69, 9.17) is 0 Å². The summed E-state index contributed by atoms with van der Waals surface area (Å²) in [7, 11) is 0. The van der Waals surface area contributed by atoms with Crippen LogP contribution in [0, 0.1) is 0 Å². The van der Waals surface area contributed by atoms with Gasteiger partial charge in [-0.2, -0.15) is 0 Å². The summed E-state index contributed by atoms with van der Waals surface area (Å²) in [6.45, 7) is 6.86. The van der Waals surface area contributed by atoms with Crippen molar-refractivity contribution >= 4 is 0 Å². The molecule has 0 aromatic carbocycles. The molecule has 1 aromatic rings. The molecule has 1 rings (SSSR count). The fraction of sp³-hybridized carbons (Fsp3) is 0.615. The Morgan fingerprint density at radius 1 is 1.29 bits per heavy atom. The summed E-state index contributed by atoms with van der Waals surface area (Å²) in [5.41, 5.74) is 1.64. The van der Waals surface area contributed by atoms with Gasteiger partial charge >= 0.3 is 0 Å². The van der Waals surface area contributed by atoms with Crippen molar-refractivity contribution < 1.29 is 0 Å². The van der Waals surface area contributed by atoms with Gasteiger partial charge in [0.15, 0.2) is 0 Å². The van der Waals surface area contributed by atoms with Crippen molar-refractivity contribution in [3.05, 3.63) is 30.1 Å². The van der Waals surface area contributed by atoms with Crippen LogP contribution < -0.4 is 0 Å². The Balaban J connectivity index is 2.56. The van der Waals surface area contributed by atoms with Gasteiger partial charge in [0.25, 0.3) is 0 Å². The maximum Gasteiger partial charge on any atom is 0.0305 e. The van der Waals surface area contributed by atoms with Crippen LogP contribution in [0.25, 0.3) is 0 Å². The first-order chi connectivity index (χ1) is 6.67. The van der Waals surface area contributed by atoms with Crippen molar-refractivity contribution in [3.8, 4) is 0 Å². The van der Waals surface area contributed by atoms with E-state index in [1.165, 1.54) is 31.2 Å². The first kappa shape index (κ1) is 11.2. The highest BCUT2D eigenvalue weighted by atomic mass is 14.6. The third-order valence-corrected chi connectivity index (χ3v) is 2.85. The van der Waals surface area contributed by atoms with E-state index in [0.717, 1.165) is 0 Å². The van der Waals surface area contributed by atoms with Crippen LogP contribution in [0.1, 0.15) is 52.0 Å². The first-order valence-corrected chi connectivity index (χ1v) is 5.57. The number of hydrogen-bond acceptors (Lipinski definition) is 1. The first-order valence-electron chi connectivity index (χ1n) is 5.57. The van der Waals surface area contributed by atoms with Crippen molar-refractivity contribution in [2.75, 3.05) is 0 Å². The number of unbranched alkanes of at least 4 members (excludes halogenated alkanes) is 2. The molecule has 0 spiro atoms. The molecule has 0 unspecified atom stereocenters. The van der Waals surface area contributed by atoms with Gasteiger partial charge in [-0.15, -0.1) is 0 Å². The van der Waals surface area contributed by atoms with Gasteiger partial charge in [0.05, 0.1) is 0 Å². The monoisotopic (exact) mass is 191 g/mol. The quantitative estimate of drug-likeness (QED) is 0.642. The minimum absolute atomic E-state index is 0.281. The molecule has 14 heavy (non-hydrogen) atoms. The largest absolute Gasteiger partial charge is 0.264 e. The van der Waals surface area contributed by atoms with Crippen LogP contribution in [0.4, 0.5) is 0 Å². The Kier molecular flexibility index (Phi) is 4.12. The Morgan fingerprint density at radius 3 is 2.64 bits per heavy atom. The molecule has 0 atom stereocenters. The molecule has 0 N–H and O–H groups in total. The molecule has 0 aliphatic heterocycles. The average molecular weight is 191 g/mol. The minimum atomic E-state index is 0.281. The molecule has 78 valence electrons. The zero-order valence-electron chi connectivity index (χ0n) is 9.59. The molecule has 1 nitrogen and oxygen atoms in total. The zero-order chi connectivity index (χ0) is 10.4. The lowest BCUT2D eigenvalue weighted by Crippen LogP contribution is -2.16. The second kappa shape index (κ2) is 5.14. The molecule has 0 amide bonds. The topological polar surface area (TPSA) is 12.9 Å². The summed E-state index contributed by atoms with van der Waals surface area (Å²) in [6.07, 6.45) is 9.04. The van der Waals surface area contributed by atoms with E-state index in [1.807, 2.05) is 18.5 Å². The Hall–Kier alpha value is -0.850. The highest BCUT2D eigenvalue weighted by Crippen LogP contribution is 2.28. The second-order valence-corrected chi connectivity index (χ2v) is 4.58. The van der Waals surface area contributed by atoms with Crippen LogP contribution in [0.5, 0.6) is 0 Å². The van der Waals surface area contributed by atoms with Crippen LogP contribution in [-0.4, -0.2) is 4.98 Å². The summed E-state index contributed by atoms with van der Waals surface area (Å²) < 4.78 is 0. The standard InChI is InChI=1S/C13H21N/c1-4-5-6-9-13(2,3)12-8-7-10-14-11-12/h7-8,10-11H,4-6,9H2,1-3H3. The van der Waals surface area contributed by atoms with Gasteiger partial charge in [-0.3, -0.25) is 4.98 Å². The highest BCUT2D eigenvalue weighted by molar-refractivity contribution is 5.18. The number of hydrogen-bond donors (Lipinski definition) is 0. The lowest BCUT2D eigenvalue weighted by molar-refractivity contribution is 0.449. The van der Waals surface area contributed by atoms with Crippen molar-refractivity contribution in [3.63, 3.8) is 0 Å². The number of rotatable bonds is 5. The predicted molar refractivity (Wildman–Crippen MR) is 61.4 cm³/mol. The maximum atomic E-state index is 4.18. The van der Waals surface area contributed by atoms with Gasteiger partial charge < -0.3 is 0 Å². The maximum absolute atomic E-state index is 4.18. The molecular formula is C13H21N. The van der Waals surface area contributed by atoms with E-state index in [1.54, 1.807) is 0 Å². The van der Waals surface area contributed by atoms with Crippen LogP contribution in [0.3, 0.4) is 0 Å². The summed E-state index contributed by atoms with van der Waals surface area (Å²) in [5, 5.41) is 0. The number of aromatic nitrogens is 1. The molecule has 0 aliphatic rings. The normalized spacial score (nSPS) is 11.6. The molecule has 0 saturated heterocycles. The lowest BCUT2D eigenvalue weighted by atomic mass is 9.81. The summed E-state index contributed by atoms with van der Waals surface area (Å²) in [5.74, 6) is 0. The van der Waals surface area contributed by atoms with Crippen molar-refractivity contribution in [1.29, 1.82) is 0 Å². The SMILES string of the molecule is CCCCCC(C)(C)c1cccnc1. The Bertz CT molecular complexity index is 251. The average Bonchev–Trinajstić information content (AvgIpc) is 2.19. The van der Waals surface area contributed by atoms with Gasteiger partial charge in [-0.25, -0.2) is 0 Å². The van der Waals surface area contributed by atoms with E-state index < -0.39 is 0 Å². The van der Waals surface area contributed by atoms with Crippen molar-refractivity contribution in [1.82, 2.24) is 4.98 Å². The molecule has 1 heteroatoms. The summed E-state index contributed by atoms with van der Waals surface area (Å²) in [6, 6.07) is 4.20. The minimum Gasteiger partial charge on any atom is -0.264 e. The van der Waals surface area contributed by atoms with Crippen molar-refractivity contribution in [2.45, 2.75) is 51.9 Å². The van der Waals surface area contributed by atoms with Crippen LogP contribution in [-0.2, 0) is 5.41 Å². The number of nitrogens with zero attached hydrogens (tertiary/aromatic N) is 1. The summed E-state index contributed by atoms with van der Waals surface area (Å²) >= 11 is 0. The fourth-order valence-corrected chi connectivity index (χ4v) is 1.72. The van der Waals surface area contributed by atoms with Crippen molar-refractivity contribution in [2.24, 2.45) is 0 Å². The van der Waals surface area contributed by atoms with E-state index in [9.17, 15) is 0 Å². The second-order valence-electron chi connectivity index (χ2n) is 4.58. The Morgan fingerprint density at radius 2 is 2.07 bits per heavy atom. The Labute approximate surface area is 87.6 Å². The van der Waals surface area contributed by atoms with E-state index in [-0.39, 0.29) is 5.41 Å². The third-order valence-electron chi connectivity index (χ3n) is 2.85. The van der Waals surface area contributed by atoms with Crippen LogP contribution >= 0.6 is 0 Å². The highest BCUT2D eigenvalue weighted by Gasteiger charge is 2.19. The van der Waals surface area contributed by atoms with Gasteiger partial charge in [0.1, 0.15) is 0 Å². The molecule has 1 heterocycles. The van der Waals surface area contributed by atoms with Gasteiger partial charge in [0, 0.05) is 12.4 Å². The summed E-state index contributed by atoms with van der Waals surface area (Å²) in [4.78, 5) is 4.18. The fourth-order valence-electron chi connectivity index (χ4n) is 1.72. The lowest BCUT2D eigenvalue weighted by Gasteiger charge is -2.24. The van der Waals surface area contributed by atoms with Crippen LogP contribution in [0.2, 0.25) is 0 Å². The zero-order valence-corrected chi connectivity index (χ0v) is 9.59. The predicted octanol–water partition coefficient (Wildman–Crippen LogP) is 3.94. The van der Waals surface area contributed by atoms with E-state index in [2.05, 4.69) is 31.8 Å². The van der Waals surface area contributed by atoms with Crippen LogP contribution in [0.15, 0.2) is 24.5 Å². The molecule has 1 aromatic heterocycles. The van der Waals surface area contributed by atoms with E-state index in [0.29, 0.717) is 0 Å². The molecule has 0 aliphatic carbocycles. The molecule has 0 saturated carbocycles. The van der Waals surface area contributed by atoms with Gasteiger partial charge in [-0.1, -0.05) is 46.1 Å². The molecule has 0 bridgehead atoms. The van der Waals surface area contributed by atoms with Gasteiger partial charge in [-0.05, 0) is 23.5 Å². The number of pyridine rings is 1. The smallest absolute Gasteiger partial charge is 0.0305 e. The van der Waals surface area contributed by atoms with Gasteiger partial charge in [0.2, 0.25) is 0 Å². The molecule has 0 radical (unpaired) electrons. The third kappa shape index (κ3) is 3.13. The molecule has 0 fully saturated rings. The molecular weight excluding hydrogens is 170 g/mol. The van der Waals surface area contributed by atoms with E-state index >= 15 is 0 Å².